The highest BCUT2D eigenvalue weighted by molar-refractivity contribution is 5.69. The van der Waals surface area contributed by atoms with Gasteiger partial charge < -0.3 is 15.6 Å². The van der Waals surface area contributed by atoms with E-state index in [4.69, 9.17) is 10.5 Å². The number of carbonyl (C=O) groups is 1. The van der Waals surface area contributed by atoms with Crippen molar-refractivity contribution in [3.63, 3.8) is 0 Å². The molecule has 4 saturated carbocycles. The molecule has 5 nitrogen and oxygen atoms in total. The zero-order chi connectivity index (χ0) is 24.5. The molecule has 4 aliphatic rings. The topological polar surface area (TPSA) is 84.9 Å². The SMILES string of the molecule is CCOC(=O)CC[C@@H](C)[C@H]1CCC2C3C[C@H](O)[C@@H]4CC(/C=N\CCN)CC[C@]4(C)C3CC[C@@]21C. The summed E-state index contributed by atoms with van der Waals surface area (Å²) in [5, 5.41) is 11.5. The highest BCUT2D eigenvalue weighted by atomic mass is 16.5. The van der Waals surface area contributed by atoms with Crippen molar-refractivity contribution in [2.24, 2.45) is 63.0 Å². The Balaban J connectivity index is 1.45. The van der Waals surface area contributed by atoms with Gasteiger partial charge in [0.15, 0.2) is 0 Å². The predicted molar refractivity (Wildman–Crippen MR) is 138 cm³/mol. The second-order valence-electron chi connectivity index (χ2n) is 12.7. The number of nitrogens with two attached hydrogens (primary N) is 1. The molecule has 0 saturated heterocycles. The average molecular weight is 475 g/mol. The third-order valence-corrected chi connectivity index (χ3v) is 11.2. The quantitative estimate of drug-likeness (QED) is 0.372. The molecule has 0 radical (unpaired) electrons. The molecule has 0 heterocycles. The molecule has 0 amide bonds. The number of rotatable bonds is 8. The Morgan fingerprint density at radius 2 is 1.85 bits per heavy atom. The summed E-state index contributed by atoms with van der Waals surface area (Å²) < 4.78 is 5.19. The molecular weight excluding hydrogens is 424 g/mol. The van der Waals surface area contributed by atoms with Gasteiger partial charge in [-0.05, 0) is 117 Å². The van der Waals surface area contributed by atoms with Crippen molar-refractivity contribution < 1.29 is 14.6 Å². The van der Waals surface area contributed by atoms with Gasteiger partial charge in [0.2, 0.25) is 0 Å². The summed E-state index contributed by atoms with van der Waals surface area (Å²) >= 11 is 0. The molecule has 3 N–H and O–H groups in total. The van der Waals surface area contributed by atoms with Crippen LogP contribution in [0.4, 0.5) is 0 Å². The van der Waals surface area contributed by atoms with Crippen LogP contribution in [0, 0.1) is 52.3 Å². The van der Waals surface area contributed by atoms with Gasteiger partial charge in [0, 0.05) is 19.2 Å². The Bertz CT molecular complexity index is 741. The van der Waals surface area contributed by atoms with Gasteiger partial charge in [0.1, 0.15) is 0 Å². The van der Waals surface area contributed by atoms with Crippen molar-refractivity contribution in [3.05, 3.63) is 0 Å². The van der Waals surface area contributed by atoms with Crippen LogP contribution in [-0.4, -0.2) is 43.1 Å². The highest BCUT2D eigenvalue weighted by Gasteiger charge is 2.62. The molecule has 0 spiro atoms. The number of aliphatic hydroxyl groups excluding tert-OH is 1. The first-order chi connectivity index (χ1) is 16.2. The van der Waals surface area contributed by atoms with E-state index in [0.717, 1.165) is 31.1 Å². The van der Waals surface area contributed by atoms with Gasteiger partial charge in [-0.1, -0.05) is 20.8 Å². The smallest absolute Gasteiger partial charge is 0.305 e. The lowest BCUT2D eigenvalue weighted by molar-refractivity contribution is -0.162. The number of fused-ring (bicyclic) bond motifs is 5. The molecule has 0 aromatic heterocycles. The van der Waals surface area contributed by atoms with Gasteiger partial charge in [-0.3, -0.25) is 9.79 Å². The van der Waals surface area contributed by atoms with Crippen LogP contribution in [0.2, 0.25) is 0 Å². The molecular formula is C29H50N2O3. The lowest BCUT2D eigenvalue weighted by atomic mass is 9.43. The summed E-state index contributed by atoms with van der Waals surface area (Å²) in [4.78, 5) is 16.5. The Hall–Kier alpha value is -0.940. The zero-order valence-corrected chi connectivity index (χ0v) is 22.2. The van der Waals surface area contributed by atoms with E-state index in [-0.39, 0.29) is 17.5 Å². The molecule has 0 bridgehead atoms. The Morgan fingerprint density at radius 3 is 2.59 bits per heavy atom. The minimum Gasteiger partial charge on any atom is -0.466 e. The maximum Gasteiger partial charge on any atom is 0.305 e. The number of nitrogens with zero attached hydrogens (tertiary/aromatic N) is 1. The number of ether oxygens (including phenoxy) is 1. The van der Waals surface area contributed by atoms with Crippen molar-refractivity contribution in [2.45, 2.75) is 98.0 Å². The average Bonchev–Trinajstić information content (AvgIpc) is 3.16. The van der Waals surface area contributed by atoms with Crippen LogP contribution in [0.5, 0.6) is 0 Å². The van der Waals surface area contributed by atoms with E-state index in [9.17, 15) is 9.90 Å². The van der Waals surface area contributed by atoms with Gasteiger partial charge in [0.25, 0.3) is 0 Å². The molecule has 34 heavy (non-hydrogen) atoms. The largest absolute Gasteiger partial charge is 0.466 e. The summed E-state index contributed by atoms with van der Waals surface area (Å²) in [6.07, 6.45) is 13.1. The summed E-state index contributed by atoms with van der Waals surface area (Å²) in [5.74, 6) is 4.21. The molecule has 10 atom stereocenters. The van der Waals surface area contributed by atoms with E-state index in [1.807, 2.05) is 6.92 Å². The van der Waals surface area contributed by atoms with E-state index in [1.165, 1.54) is 38.5 Å². The molecule has 4 aliphatic carbocycles. The number of aliphatic imine (C=N–C) groups is 1. The Kier molecular flexibility index (Phi) is 8.13. The van der Waals surface area contributed by atoms with E-state index >= 15 is 0 Å². The molecule has 4 fully saturated rings. The normalized spacial score (nSPS) is 44.8. The molecule has 0 aromatic carbocycles. The third kappa shape index (κ3) is 4.73. The molecule has 5 heteroatoms. The number of esters is 1. The van der Waals surface area contributed by atoms with E-state index < -0.39 is 0 Å². The fourth-order valence-corrected chi connectivity index (χ4v) is 9.52. The van der Waals surface area contributed by atoms with Gasteiger partial charge in [0.05, 0.1) is 19.3 Å². The second kappa shape index (κ2) is 10.6. The van der Waals surface area contributed by atoms with Crippen LogP contribution in [0.25, 0.3) is 0 Å². The molecule has 4 unspecified atom stereocenters. The summed E-state index contributed by atoms with van der Waals surface area (Å²) in [6.45, 7) is 11.1. The van der Waals surface area contributed by atoms with Crippen LogP contribution in [0.15, 0.2) is 4.99 Å². The first-order valence-electron chi connectivity index (χ1n) is 14.3. The van der Waals surface area contributed by atoms with E-state index in [0.29, 0.717) is 61.1 Å². The summed E-state index contributed by atoms with van der Waals surface area (Å²) in [7, 11) is 0. The van der Waals surface area contributed by atoms with Crippen LogP contribution in [0.3, 0.4) is 0 Å². The first kappa shape index (κ1) is 26.1. The Labute approximate surface area is 207 Å². The van der Waals surface area contributed by atoms with Crippen LogP contribution >= 0.6 is 0 Å². The predicted octanol–water partition coefficient (Wildman–Crippen LogP) is 5.24. The third-order valence-electron chi connectivity index (χ3n) is 11.2. The number of hydrogen-bond acceptors (Lipinski definition) is 5. The zero-order valence-electron chi connectivity index (χ0n) is 22.2. The van der Waals surface area contributed by atoms with Crippen molar-refractivity contribution >= 4 is 12.2 Å². The van der Waals surface area contributed by atoms with E-state index in [1.54, 1.807) is 0 Å². The van der Waals surface area contributed by atoms with Gasteiger partial charge in [-0.25, -0.2) is 0 Å². The number of carbonyl (C=O) groups excluding carboxylic acids is 1. The minimum atomic E-state index is -0.181. The van der Waals surface area contributed by atoms with Gasteiger partial charge in [-0.2, -0.15) is 0 Å². The van der Waals surface area contributed by atoms with Crippen LogP contribution in [0.1, 0.15) is 91.9 Å². The lowest BCUT2D eigenvalue weighted by Gasteiger charge is -2.62. The van der Waals surface area contributed by atoms with Crippen molar-refractivity contribution in [1.82, 2.24) is 0 Å². The summed E-state index contributed by atoms with van der Waals surface area (Å²) in [5.41, 5.74) is 6.23. The van der Waals surface area contributed by atoms with Gasteiger partial charge in [-0.15, -0.1) is 0 Å². The Morgan fingerprint density at radius 1 is 1.12 bits per heavy atom. The standard InChI is InChI=1S/C29H50N2O3/c1-5-34-27(33)9-6-19(2)22-7-8-23-21-17-26(32)25-16-20(18-31-15-14-30)10-12-29(25,4)24(21)11-13-28(22,23)3/h18-26,32H,5-17,30H2,1-4H3/b31-18-/t19-,20?,21?,22-,23?,24?,25+,26+,28-,29-/m1/s1. The van der Waals surface area contributed by atoms with Crippen molar-refractivity contribution in [3.8, 4) is 0 Å². The molecule has 0 aromatic rings. The molecule has 194 valence electrons. The van der Waals surface area contributed by atoms with E-state index in [2.05, 4.69) is 32.0 Å². The molecule has 0 aliphatic heterocycles. The number of hydrogen-bond donors (Lipinski definition) is 2. The highest BCUT2D eigenvalue weighted by Crippen LogP contribution is 2.68. The fourth-order valence-electron chi connectivity index (χ4n) is 9.52. The lowest BCUT2D eigenvalue weighted by Crippen LogP contribution is -2.58. The number of aliphatic hydroxyl groups is 1. The van der Waals surface area contributed by atoms with Crippen LogP contribution in [-0.2, 0) is 9.53 Å². The minimum absolute atomic E-state index is 0.0456. The maximum atomic E-state index is 12.0. The van der Waals surface area contributed by atoms with Crippen LogP contribution < -0.4 is 5.73 Å². The second-order valence-corrected chi connectivity index (χ2v) is 12.7. The van der Waals surface area contributed by atoms with Crippen molar-refractivity contribution in [1.29, 1.82) is 0 Å². The summed E-state index contributed by atoms with van der Waals surface area (Å²) in [6, 6.07) is 0. The monoisotopic (exact) mass is 474 g/mol. The molecule has 4 rings (SSSR count). The van der Waals surface area contributed by atoms with Crippen molar-refractivity contribution in [2.75, 3.05) is 19.7 Å². The maximum absolute atomic E-state index is 12.0. The first-order valence-corrected chi connectivity index (χ1v) is 14.3. The van der Waals surface area contributed by atoms with Gasteiger partial charge >= 0.3 is 5.97 Å². The fraction of sp³-hybridized carbons (Fsp3) is 0.931.